The first kappa shape index (κ1) is 29.5. The Hall–Kier alpha value is -3.78. The van der Waals surface area contributed by atoms with E-state index in [4.69, 9.17) is 17.2 Å². The number of nitrogens with two attached hydrogens (primary N) is 3. The van der Waals surface area contributed by atoms with Gasteiger partial charge >= 0.3 is 5.97 Å². The van der Waals surface area contributed by atoms with Gasteiger partial charge in [-0.15, -0.1) is 0 Å². The number of rotatable bonds is 14. The van der Waals surface area contributed by atoms with Crippen LogP contribution in [0.5, 0.6) is 0 Å². The van der Waals surface area contributed by atoms with Crippen LogP contribution in [0.4, 0.5) is 0 Å². The topological polar surface area (TPSA) is 231 Å². The minimum absolute atomic E-state index is 0.0474. The molecule has 11 N–H and O–H groups in total. The number of aromatic nitrogens is 1. The van der Waals surface area contributed by atoms with Crippen molar-refractivity contribution >= 4 is 53.2 Å². The fourth-order valence-electron chi connectivity index (χ4n) is 3.53. The Labute approximate surface area is 219 Å². The van der Waals surface area contributed by atoms with E-state index in [9.17, 15) is 24.3 Å². The maximum Gasteiger partial charge on any atom is 0.326 e. The van der Waals surface area contributed by atoms with Crippen LogP contribution in [-0.4, -0.2) is 76.2 Å². The average Bonchev–Trinajstić information content (AvgIpc) is 3.25. The minimum atomic E-state index is -1.24. The number of carboxylic acids is 1. The predicted octanol–water partition coefficient (Wildman–Crippen LogP) is -1.42. The molecule has 13 nitrogen and oxygen atoms in total. The fourth-order valence-corrected chi connectivity index (χ4v) is 3.79. The number of carbonyl (C=O) groups excluding carboxylic acids is 3. The molecule has 0 aliphatic heterocycles. The van der Waals surface area contributed by atoms with Gasteiger partial charge in [-0.1, -0.05) is 18.2 Å². The molecule has 1 aromatic carbocycles. The van der Waals surface area contributed by atoms with Gasteiger partial charge in [-0.3, -0.25) is 19.4 Å². The molecular weight excluding hydrogens is 500 g/mol. The third-order valence-corrected chi connectivity index (χ3v) is 5.89. The zero-order valence-electron chi connectivity index (χ0n) is 20.4. The Bertz CT molecular complexity index is 1130. The van der Waals surface area contributed by atoms with E-state index < -0.39 is 47.9 Å². The molecule has 0 aliphatic carbocycles. The number of carbonyl (C=O) groups is 4. The Balaban J connectivity index is 2.24. The monoisotopic (exact) mass is 534 g/mol. The summed E-state index contributed by atoms with van der Waals surface area (Å²) >= 11 is 4.13. The highest BCUT2D eigenvalue weighted by atomic mass is 32.1. The number of guanidine groups is 1. The molecule has 0 saturated carbocycles. The number of aromatic amines is 1. The predicted molar refractivity (Wildman–Crippen MR) is 143 cm³/mol. The summed E-state index contributed by atoms with van der Waals surface area (Å²) < 4.78 is 0. The van der Waals surface area contributed by atoms with E-state index in [1.165, 1.54) is 6.92 Å². The second-order valence-corrected chi connectivity index (χ2v) is 8.87. The van der Waals surface area contributed by atoms with Crippen LogP contribution in [0.2, 0.25) is 0 Å². The number of nitrogens with zero attached hydrogens (tertiary/aromatic N) is 1. The number of carboxylic acid groups (broad SMARTS) is 1. The lowest BCUT2D eigenvalue weighted by Crippen LogP contribution is -2.58. The SMILES string of the molecule is CC(N)C(=O)NC(CS)C(=O)NC(Cc1c[nH]c2ccccc12)C(=O)NC(CCCN=C(N)N)C(=O)O. The zero-order chi connectivity index (χ0) is 27.5. The van der Waals surface area contributed by atoms with Gasteiger partial charge in [-0.2, -0.15) is 12.6 Å². The summed E-state index contributed by atoms with van der Waals surface area (Å²) in [6.07, 6.45) is 2.15. The van der Waals surface area contributed by atoms with Crippen molar-refractivity contribution in [2.45, 2.75) is 50.4 Å². The molecule has 37 heavy (non-hydrogen) atoms. The molecule has 202 valence electrons. The number of para-hydroxylation sites is 1. The Morgan fingerprint density at radius 3 is 2.27 bits per heavy atom. The van der Waals surface area contributed by atoms with Crippen molar-refractivity contribution in [2.24, 2.45) is 22.2 Å². The molecule has 4 unspecified atom stereocenters. The number of fused-ring (bicyclic) bond motifs is 1. The lowest BCUT2D eigenvalue weighted by molar-refractivity contribution is -0.142. The Morgan fingerprint density at radius 1 is 1.03 bits per heavy atom. The molecule has 1 heterocycles. The van der Waals surface area contributed by atoms with Crippen LogP contribution in [0.25, 0.3) is 10.9 Å². The van der Waals surface area contributed by atoms with Gasteiger partial charge in [-0.25, -0.2) is 4.79 Å². The van der Waals surface area contributed by atoms with Gasteiger partial charge in [0.05, 0.1) is 6.04 Å². The van der Waals surface area contributed by atoms with Crippen LogP contribution >= 0.6 is 12.6 Å². The standard InChI is InChI=1S/C23H34N8O5S/c1-12(24)19(32)31-18(11-37)21(34)30-17(9-13-10-28-15-6-3-2-5-14(13)15)20(33)29-16(22(35)36)7-4-8-27-23(25)26/h2-3,5-6,10,12,16-18,28,37H,4,7-9,11,24H2,1H3,(H,29,33)(H,30,34)(H,31,32)(H,35,36)(H4,25,26,27). The quantitative estimate of drug-likeness (QED) is 0.0602. The van der Waals surface area contributed by atoms with Crippen molar-refractivity contribution in [3.63, 3.8) is 0 Å². The number of H-pyrrole nitrogens is 1. The van der Waals surface area contributed by atoms with Gasteiger partial charge in [0.2, 0.25) is 17.7 Å². The number of benzene rings is 1. The maximum absolute atomic E-state index is 13.2. The van der Waals surface area contributed by atoms with Crippen molar-refractivity contribution in [2.75, 3.05) is 12.3 Å². The lowest BCUT2D eigenvalue weighted by Gasteiger charge is -2.24. The first-order valence-electron chi connectivity index (χ1n) is 11.6. The van der Waals surface area contributed by atoms with E-state index in [1.807, 2.05) is 24.3 Å². The Kier molecular flexibility index (Phi) is 11.2. The number of hydrogen-bond acceptors (Lipinski definition) is 7. The molecule has 0 spiro atoms. The number of aliphatic imine (C=N–C) groups is 1. The summed E-state index contributed by atoms with van der Waals surface area (Å²) in [7, 11) is 0. The van der Waals surface area contributed by atoms with Crippen molar-refractivity contribution in [3.8, 4) is 0 Å². The molecule has 1 aromatic heterocycles. The van der Waals surface area contributed by atoms with Crippen LogP contribution in [-0.2, 0) is 25.6 Å². The van der Waals surface area contributed by atoms with E-state index in [2.05, 4.69) is 38.6 Å². The van der Waals surface area contributed by atoms with Gasteiger partial charge in [0.15, 0.2) is 5.96 Å². The molecule has 2 rings (SSSR count). The van der Waals surface area contributed by atoms with Gasteiger partial charge in [0.25, 0.3) is 0 Å². The van der Waals surface area contributed by atoms with Crippen LogP contribution < -0.4 is 33.2 Å². The third-order valence-electron chi connectivity index (χ3n) is 5.52. The van der Waals surface area contributed by atoms with E-state index in [0.29, 0.717) is 6.42 Å². The highest BCUT2D eigenvalue weighted by Crippen LogP contribution is 2.19. The molecule has 0 bridgehead atoms. The van der Waals surface area contributed by atoms with Crippen molar-refractivity contribution in [1.82, 2.24) is 20.9 Å². The van der Waals surface area contributed by atoms with Crippen molar-refractivity contribution in [1.29, 1.82) is 0 Å². The average molecular weight is 535 g/mol. The van der Waals surface area contributed by atoms with Crippen LogP contribution in [0.1, 0.15) is 25.3 Å². The summed E-state index contributed by atoms with van der Waals surface area (Å²) in [5.74, 6) is -3.33. The summed E-state index contributed by atoms with van der Waals surface area (Å²) in [5.41, 5.74) is 17.7. The fraction of sp³-hybridized carbons (Fsp3) is 0.435. The van der Waals surface area contributed by atoms with Crippen LogP contribution in [0.15, 0.2) is 35.5 Å². The number of thiol groups is 1. The van der Waals surface area contributed by atoms with E-state index in [-0.39, 0.29) is 31.1 Å². The summed E-state index contributed by atoms with van der Waals surface area (Å²) in [5, 5.41) is 18.0. The summed E-state index contributed by atoms with van der Waals surface area (Å²) in [4.78, 5) is 56.9. The molecule has 0 radical (unpaired) electrons. The smallest absolute Gasteiger partial charge is 0.326 e. The first-order valence-corrected chi connectivity index (χ1v) is 12.3. The maximum atomic E-state index is 13.2. The number of amides is 3. The molecule has 2 aromatic rings. The van der Waals surface area contributed by atoms with E-state index >= 15 is 0 Å². The van der Waals surface area contributed by atoms with Crippen LogP contribution in [0.3, 0.4) is 0 Å². The molecule has 4 atom stereocenters. The zero-order valence-corrected chi connectivity index (χ0v) is 21.3. The number of aliphatic carboxylic acids is 1. The minimum Gasteiger partial charge on any atom is -0.480 e. The normalized spacial score (nSPS) is 14.1. The van der Waals surface area contributed by atoms with Gasteiger partial charge < -0.3 is 43.2 Å². The number of nitrogens with one attached hydrogen (secondary N) is 4. The van der Waals surface area contributed by atoms with E-state index in [0.717, 1.165) is 16.5 Å². The molecule has 0 fully saturated rings. The van der Waals surface area contributed by atoms with E-state index in [1.54, 1.807) is 6.20 Å². The summed E-state index contributed by atoms with van der Waals surface area (Å²) in [6.45, 7) is 1.66. The third kappa shape index (κ3) is 8.99. The highest BCUT2D eigenvalue weighted by Gasteiger charge is 2.30. The van der Waals surface area contributed by atoms with Gasteiger partial charge in [0.1, 0.15) is 18.1 Å². The van der Waals surface area contributed by atoms with Crippen molar-refractivity contribution < 1.29 is 24.3 Å². The molecule has 3 amide bonds. The van der Waals surface area contributed by atoms with Gasteiger partial charge in [0, 0.05) is 35.8 Å². The van der Waals surface area contributed by atoms with Gasteiger partial charge in [-0.05, 0) is 31.4 Å². The second kappa shape index (κ2) is 14.1. The molecule has 0 saturated heterocycles. The molecular formula is C23H34N8O5S. The van der Waals surface area contributed by atoms with Crippen LogP contribution in [0, 0.1) is 0 Å². The number of hydrogen-bond donors (Lipinski definition) is 9. The highest BCUT2D eigenvalue weighted by molar-refractivity contribution is 7.80. The first-order chi connectivity index (χ1) is 17.5. The molecule has 0 aliphatic rings. The molecule has 14 heteroatoms. The lowest BCUT2D eigenvalue weighted by atomic mass is 10.0. The Morgan fingerprint density at radius 2 is 1.65 bits per heavy atom. The second-order valence-electron chi connectivity index (χ2n) is 8.51. The summed E-state index contributed by atoms with van der Waals surface area (Å²) in [6, 6.07) is 3.12. The largest absolute Gasteiger partial charge is 0.480 e. The van der Waals surface area contributed by atoms with Crippen molar-refractivity contribution in [3.05, 3.63) is 36.0 Å².